The molecule has 1 aliphatic heterocycles. The number of nitrogens with one attached hydrogen (secondary N) is 2. The Kier molecular flexibility index (Phi) is 6.90. The van der Waals surface area contributed by atoms with Crippen LogP contribution in [0.5, 0.6) is 0 Å². The highest BCUT2D eigenvalue weighted by atomic mass is 16.5. The van der Waals surface area contributed by atoms with Crippen molar-refractivity contribution in [1.29, 1.82) is 0 Å². The summed E-state index contributed by atoms with van der Waals surface area (Å²) in [5.41, 5.74) is 0. The van der Waals surface area contributed by atoms with Crippen LogP contribution in [0.25, 0.3) is 0 Å². The SMILES string of the molecule is C[C@H](OC(=O)[C@@H]1CC(=O)N(Cc2ccco2)C1)C(=O)NC(=O)NC1CCCCC1. The molecule has 1 saturated heterocycles. The second kappa shape index (κ2) is 9.58. The van der Waals surface area contributed by atoms with Gasteiger partial charge in [-0.15, -0.1) is 0 Å². The number of rotatable bonds is 6. The number of hydrogen-bond acceptors (Lipinski definition) is 6. The molecule has 0 spiro atoms. The van der Waals surface area contributed by atoms with E-state index in [0.717, 1.165) is 32.1 Å². The van der Waals surface area contributed by atoms with E-state index in [1.165, 1.54) is 18.1 Å². The lowest BCUT2D eigenvalue weighted by Gasteiger charge is -2.23. The van der Waals surface area contributed by atoms with Crippen LogP contribution in [-0.4, -0.2) is 47.4 Å². The van der Waals surface area contributed by atoms with E-state index in [2.05, 4.69) is 10.6 Å². The maximum atomic E-state index is 12.4. The van der Waals surface area contributed by atoms with Gasteiger partial charge in [0, 0.05) is 19.0 Å². The van der Waals surface area contributed by atoms with E-state index in [1.54, 1.807) is 12.1 Å². The van der Waals surface area contributed by atoms with Crippen molar-refractivity contribution in [2.75, 3.05) is 6.54 Å². The molecule has 1 aliphatic carbocycles. The second-order valence-corrected chi connectivity index (χ2v) is 7.63. The Morgan fingerprint density at radius 1 is 1.28 bits per heavy atom. The first kappa shape index (κ1) is 20.9. The molecule has 29 heavy (non-hydrogen) atoms. The smallest absolute Gasteiger partial charge is 0.321 e. The van der Waals surface area contributed by atoms with Gasteiger partial charge in [-0.3, -0.25) is 19.7 Å². The molecule has 2 atom stereocenters. The van der Waals surface area contributed by atoms with E-state index in [-0.39, 0.29) is 31.5 Å². The zero-order valence-electron chi connectivity index (χ0n) is 16.5. The first-order chi connectivity index (χ1) is 13.9. The number of carbonyl (C=O) groups excluding carboxylic acids is 4. The number of urea groups is 1. The third-order valence-electron chi connectivity index (χ3n) is 5.31. The van der Waals surface area contributed by atoms with E-state index in [4.69, 9.17) is 9.15 Å². The van der Waals surface area contributed by atoms with Crippen LogP contribution in [0.15, 0.2) is 22.8 Å². The highest BCUT2D eigenvalue weighted by Crippen LogP contribution is 2.22. The third kappa shape index (κ3) is 5.82. The first-order valence-electron chi connectivity index (χ1n) is 10.0. The molecule has 9 nitrogen and oxygen atoms in total. The minimum atomic E-state index is -1.13. The van der Waals surface area contributed by atoms with Crippen molar-refractivity contribution >= 4 is 23.8 Å². The van der Waals surface area contributed by atoms with E-state index in [1.807, 2.05) is 0 Å². The Balaban J connectivity index is 1.42. The molecule has 0 bridgehead atoms. The number of likely N-dealkylation sites (tertiary alicyclic amines) is 1. The minimum absolute atomic E-state index is 0.0239. The minimum Gasteiger partial charge on any atom is -0.467 e. The number of imide groups is 1. The summed E-state index contributed by atoms with van der Waals surface area (Å²) >= 11 is 0. The molecule has 2 fully saturated rings. The van der Waals surface area contributed by atoms with Crippen molar-refractivity contribution in [3.05, 3.63) is 24.2 Å². The average Bonchev–Trinajstić information content (AvgIpc) is 3.33. The zero-order valence-corrected chi connectivity index (χ0v) is 16.5. The fourth-order valence-corrected chi connectivity index (χ4v) is 3.68. The number of nitrogens with zero attached hydrogens (tertiary/aromatic N) is 1. The first-order valence-corrected chi connectivity index (χ1v) is 10.0. The summed E-state index contributed by atoms with van der Waals surface area (Å²) in [6.45, 7) is 1.89. The maximum absolute atomic E-state index is 12.4. The number of carbonyl (C=O) groups is 4. The molecule has 2 aliphatic rings. The van der Waals surface area contributed by atoms with Gasteiger partial charge >= 0.3 is 12.0 Å². The van der Waals surface area contributed by atoms with Crippen LogP contribution in [0, 0.1) is 5.92 Å². The van der Waals surface area contributed by atoms with Crippen molar-refractivity contribution in [1.82, 2.24) is 15.5 Å². The van der Waals surface area contributed by atoms with Crippen molar-refractivity contribution in [3.8, 4) is 0 Å². The molecular formula is C20H27N3O6. The molecule has 158 valence electrons. The topological polar surface area (TPSA) is 118 Å². The lowest BCUT2D eigenvalue weighted by Crippen LogP contribution is -2.48. The predicted molar refractivity (Wildman–Crippen MR) is 101 cm³/mol. The van der Waals surface area contributed by atoms with Gasteiger partial charge in [0.2, 0.25) is 5.91 Å². The number of amides is 4. The van der Waals surface area contributed by atoms with Gasteiger partial charge in [-0.25, -0.2) is 4.79 Å². The lowest BCUT2D eigenvalue weighted by molar-refractivity contribution is -0.158. The Labute approximate surface area is 169 Å². The van der Waals surface area contributed by atoms with Crippen molar-refractivity contribution in [3.63, 3.8) is 0 Å². The number of furan rings is 1. The summed E-state index contributed by atoms with van der Waals surface area (Å²) in [6.07, 6.45) is 5.49. The number of esters is 1. The van der Waals surface area contributed by atoms with Crippen LogP contribution in [0.4, 0.5) is 4.79 Å². The summed E-state index contributed by atoms with van der Waals surface area (Å²) < 4.78 is 10.4. The normalized spacial score (nSPS) is 20.9. The molecule has 2 N–H and O–H groups in total. The third-order valence-corrected chi connectivity index (χ3v) is 5.31. The van der Waals surface area contributed by atoms with Crippen molar-refractivity contribution < 1.29 is 28.3 Å². The van der Waals surface area contributed by atoms with Crippen LogP contribution in [-0.2, 0) is 25.7 Å². The molecule has 4 amide bonds. The molecule has 1 saturated carbocycles. The van der Waals surface area contributed by atoms with E-state index in [0.29, 0.717) is 5.76 Å². The molecule has 0 unspecified atom stereocenters. The standard InChI is InChI=1S/C20H27N3O6/c1-13(18(25)22-20(27)21-15-6-3-2-4-7-15)29-19(26)14-10-17(24)23(11-14)12-16-8-5-9-28-16/h5,8-9,13-15H,2-4,6-7,10-12H2,1H3,(H2,21,22,25,27)/t13-,14+/m0/s1. The molecule has 2 heterocycles. The predicted octanol–water partition coefficient (Wildman–Crippen LogP) is 1.72. The van der Waals surface area contributed by atoms with Gasteiger partial charge in [0.25, 0.3) is 5.91 Å². The van der Waals surface area contributed by atoms with Gasteiger partial charge in [-0.1, -0.05) is 19.3 Å². The lowest BCUT2D eigenvalue weighted by atomic mass is 9.96. The monoisotopic (exact) mass is 405 g/mol. The molecular weight excluding hydrogens is 378 g/mol. The fraction of sp³-hybridized carbons (Fsp3) is 0.600. The van der Waals surface area contributed by atoms with Crippen LogP contribution >= 0.6 is 0 Å². The van der Waals surface area contributed by atoms with Gasteiger partial charge in [0.1, 0.15) is 5.76 Å². The van der Waals surface area contributed by atoms with E-state index < -0.39 is 29.9 Å². The highest BCUT2D eigenvalue weighted by Gasteiger charge is 2.37. The number of ether oxygens (including phenoxy) is 1. The van der Waals surface area contributed by atoms with Crippen LogP contribution in [0.2, 0.25) is 0 Å². The fourth-order valence-electron chi connectivity index (χ4n) is 3.68. The van der Waals surface area contributed by atoms with Crippen LogP contribution in [0.3, 0.4) is 0 Å². The molecule has 0 radical (unpaired) electrons. The molecule has 9 heteroatoms. The molecule has 1 aromatic rings. The van der Waals surface area contributed by atoms with Gasteiger partial charge in [-0.05, 0) is 31.9 Å². The van der Waals surface area contributed by atoms with Gasteiger partial charge in [0.15, 0.2) is 6.10 Å². The van der Waals surface area contributed by atoms with Gasteiger partial charge in [-0.2, -0.15) is 0 Å². The molecule has 3 rings (SSSR count). The molecule has 0 aromatic carbocycles. The molecule has 1 aromatic heterocycles. The Morgan fingerprint density at radius 2 is 2.03 bits per heavy atom. The average molecular weight is 405 g/mol. The Morgan fingerprint density at radius 3 is 2.72 bits per heavy atom. The highest BCUT2D eigenvalue weighted by molar-refractivity contribution is 5.97. The second-order valence-electron chi connectivity index (χ2n) is 7.63. The Bertz CT molecular complexity index is 741. The van der Waals surface area contributed by atoms with Gasteiger partial charge < -0.3 is 19.4 Å². The zero-order chi connectivity index (χ0) is 20.8. The van der Waals surface area contributed by atoms with Crippen LogP contribution in [0.1, 0.15) is 51.2 Å². The summed E-state index contributed by atoms with van der Waals surface area (Å²) in [7, 11) is 0. The maximum Gasteiger partial charge on any atom is 0.321 e. The Hall–Kier alpha value is -2.84. The largest absolute Gasteiger partial charge is 0.467 e. The van der Waals surface area contributed by atoms with Crippen molar-refractivity contribution in [2.24, 2.45) is 5.92 Å². The van der Waals surface area contributed by atoms with Crippen LogP contribution < -0.4 is 10.6 Å². The number of hydrogen-bond donors (Lipinski definition) is 2. The van der Waals surface area contributed by atoms with Crippen molar-refractivity contribution in [2.45, 2.75) is 64.1 Å². The summed E-state index contributed by atoms with van der Waals surface area (Å²) in [5.74, 6) is -1.51. The summed E-state index contributed by atoms with van der Waals surface area (Å²) in [6, 6.07) is 2.97. The quantitative estimate of drug-likeness (QED) is 0.696. The van der Waals surface area contributed by atoms with E-state index >= 15 is 0 Å². The van der Waals surface area contributed by atoms with E-state index in [9.17, 15) is 19.2 Å². The summed E-state index contributed by atoms with van der Waals surface area (Å²) in [4.78, 5) is 50.1. The summed E-state index contributed by atoms with van der Waals surface area (Å²) in [5, 5.41) is 4.99. The van der Waals surface area contributed by atoms with Gasteiger partial charge in [0.05, 0.1) is 18.7 Å².